The maximum absolute atomic E-state index is 15.5. The van der Waals surface area contributed by atoms with Gasteiger partial charge in [-0.3, -0.25) is 14.3 Å². The molecule has 1 unspecified atom stereocenters. The van der Waals surface area contributed by atoms with Gasteiger partial charge in [0.15, 0.2) is 17.8 Å². The number of carbonyl (C=O) groups excluding carboxylic acids is 2. The maximum atomic E-state index is 15.5. The van der Waals surface area contributed by atoms with Crippen LogP contribution in [0.15, 0.2) is 18.3 Å². The normalized spacial score (nSPS) is 15.7. The van der Waals surface area contributed by atoms with Gasteiger partial charge in [-0.15, -0.1) is 23.2 Å². The third-order valence-electron chi connectivity index (χ3n) is 8.46. The number of alkyl halides is 2. The second-order valence-electron chi connectivity index (χ2n) is 13.9. The number of pyridine rings is 1. The van der Waals surface area contributed by atoms with E-state index in [0.29, 0.717) is 50.3 Å². The van der Waals surface area contributed by atoms with Crippen LogP contribution < -0.4 is 10.6 Å². The van der Waals surface area contributed by atoms with Crippen LogP contribution in [-0.4, -0.2) is 81.4 Å². The highest BCUT2D eigenvalue weighted by molar-refractivity contribution is 6.76. The van der Waals surface area contributed by atoms with Crippen molar-refractivity contribution < 1.29 is 32.6 Å². The summed E-state index contributed by atoms with van der Waals surface area (Å²) in [6.07, 6.45) is 4.81. The number of hydrogen-bond acceptors (Lipinski definition) is 8. The summed E-state index contributed by atoms with van der Waals surface area (Å²) >= 11 is 11.8. The Kier molecular flexibility index (Phi) is 15.4. The van der Waals surface area contributed by atoms with E-state index in [2.05, 4.69) is 45.5 Å². The zero-order valence-electron chi connectivity index (χ0n) is 29.9. The van der Waals surface area contributed by atoms with Crippen molar-refractivity contribution in [3.05, 3.63) is 47.2 Å². The van der Waals surface area contributed by atoms with E-state index in [4.69, 9.17) is 37.4 Å². The van der Waals surface area contributed by atoms with Gasteiger partial charge in [-0.05, 0) is 77.0 Å². The van der Waals surface area contributed by atoms with Crippen molar-refractivity contribution >= 4 is 48.9 Å². The zero-order chi connectivity index (χ0) is 37.1. The molecule has 1 saturated heterocycles. The maximum Gasteiger partial charge on any atom is 0.273 e. The molecule has 51 heavy (non-hydrogen) atoms. The fourth-order valence-corrected chi connectivity index (χ4v) is 6.71. The van der Waals surface area contributed by atoms with Gasteiger partial charge in [0, 0.05) is 44.7 Å². The molecule has 1 aliphatic heterocycles. The lowest BCUT2D eigenvalue weighted by Crippen LogP contribution is -2.44. The predicted octanol–water partition coefficient (Wildman–Crippen LogP) is 6.99. The Bertz CT molecular complexity index is 1610. The summed E-state index contributed by atoms with van der Waals surface area (Å²) in [5.74, 6) is -3.22. The monoisotopic (exact) mass is 771 g/mol. The first-order valence-electron chi connectivity index (χ1n) is 17.4. The molecule has 2 N–H and O–H groups in total. The minimum absolute atomic E-state index is 0.0661. The molecule has 282 valence electrons. The molecule has 4 heterocycles. The largest absolute Gasteiger partial charge is 0.360 e. The van der Waals surface area contributed by atoms with E-state index >= 15 is 4.39 Å². The van der Waals surface area contributed by atoms with Gasteiger partial charge in [0.2, 0.25) is 11.9 Å². The van der Waals surface area contributed by atoms with E-state index < -0.39 is 42.5 Å². The van der Waals surface area contributed by atoms with E-state index in [1.165, 1.54) is 16.8 Å². The van der Waals surface area contributed by atoms with Gasteiger partial charge < -0.3 is 24.8 Å². The van der Waals surface area contributed by atoms with E-state index in [9.17, 15) is 14.0 Å². The second kappa shape index (κ2) is 19.2. The molecule has 3 aromatic heterocycles. The first kappa shape index (κ1) is 40.8. The smallest absolute Gasteiger partial charge is 0.273 e. The molecular weight excluding hydrogens is 723 g/mol. The highest BCUT2D eigenvalue weighted by atomic mass is 35.5. The Morgan fingerprint density at radius 3 is 2.57 bits per heavy atom. The summed E-state index contributed by atoms with van der Waals surface area (Å²) < 4.78 is 50.4. The number of rotatable bonds is 19. The molecule has 3 aromatic rings. The Labute approximate surface area is 308 Å². The summed E-state index contributed by atoms with van der Waals surface area (Å²) in [6, 6.07) is 2.86. The van der Waals surface area contributed by atoms with Crippen molar-refractivity contribution in [2.24, 2.45) is 0 Å². The molecule has 12 nitrogen and oxygen atoms in total. The van der Waals surface area contributed by atoms with Gasteiger partial charge in [-0.1, -0.05) is 19.6 Å². The molecule has 0 saturated carbocycles. The van der Waals surface area contributed by atoms with Crippen LogP contribution >= 0.6 is 23.2 Å². The standard InChI is InChI=1S/C34H49Cl2F2N7O5Si/c1-22-30(23(2)45(43-22)21-48-18-19-51(3,4)5)24-13-14-28(41-32(24)38)42-33(46)26(10-8-11-27(35)36)40-34(47)31-25(37)20-39-44(31)15-9-17-50-29-12-6-7-16-49-29/h13-14,20,26-27,29H,6-12,15-19,21H2,1-5H3,(H,40,47)(H,41,42,46)/t26-,29?/m0/s1. The van der Waals surface area contributed by atoms with Crippen LogP contribution in [0.5, 0.6) is 0 Å². The predicted molar refractivity (Wildman–Crippen MR) is 195 cm³/mol. The molecule has 0 spiro atoms. The second-order valence-corrected chi connectivity index (χ2v) is 20.7. The van der Waals surface area contributed by atoms with E-state index in [1.807, 2.05) is 6.92 Å². The van der Waals surface area contributed by atoms with Crippen LogP contribution in [0, 0.1) is 25.6 Å². The number of nitrogens with one attached hydrogen (secondary N) is 2. The minimum Gasteiger partial charge on any atom is -0.360 e. The van der Waals surface area contributed by atoms with Gasteiger partial charge in [0.25, 0.3) is 5.91 Å². The van der Waals surface area contributed by atoms with Crippen molar-refractivity contribution in [1.82, 2.24) is 29.9 Å². The van der Waals surface area contributed by atoms with E-state index in [0.717, 1.165) is 37.2 Å². The third kappa shape index (κ3) is 12.3. The van der Waals surface area contributed by atoms with Gasteiger partial charge in [-0.2, -0.15) is 14.6 Å². The Hall–Kier alpha value is -2.95. The third-order valence-corrected chi connectivity index (χ3v) is 10.6. The molecular formula is C34H49Cl2F2N7O5Si. The van der Waals surface area contributed by atoms with Crippen LogP contribution in [-0.2, 0) is 32.3 Å². The number of amides is 2. The fraction of sp³-hybridized carbons (Fsp3) is 0.618. The number of nitrogens with zero attached hydrogens (tertiary/aromatic N) is 5. The van der Waals surface area contributed by atoms with Gasteiger partial charge in [-0.25, -0.2) is 14.1 Å². The van der Waals surface area contributed by atoms with Crippen molar-refractivity contribution in [1.29, 1.82) is 0 Å². The molecule has 2 atom stereocenters. The lowest BCUT2D eigenvalue weighted by Gasteiger charge is -2.22. The van der Waals surface area contributed by atoms with Crippen LogP contribution in [0.1, 0.15) is 66.8 Å². The molecule has 2 amide bonds. The topological polar surface area (TPSA) is 134 Å². The van der Waals surface area contributed by atoms with Crippen molar-refractivity contribution in [2.75, 3.05) is 25.1 Å². The number of aromatic nitrogens is 5. The quantitative estimate of drug-likeness (QED) is 0.0577. The summed E-state index contributed by atoms with van der Waals surface area (Å²) in [6.45, 7) is 12.5. The van der Waals surface area contributed by atoms with Crippen LogP contribution in [0.25, 0.3) is 11.1 Å². The van der Waals surface area contributed by atoms with Crippen LogP contribution in [0.2, 0.25) is 25.7 Å². The number of halogens is 4. The first-order chi connectivity index (χ1) is 24.2. The van der Waals surface area contributed by atoms with Gasteiger partial charge >= 0.3 is 0 Å². The van der Waals surface area contributed by atoms with E-state index in [-0.39, 0.29) is 43.1 Å². The highest BCUT2D eigenvalue weighted by Crippen LogP contribution is 2.30. The molecule has 1 aliphatic rings. The van der Waals surface area contributed by atoms with Crippen molar-refractivity contribution in [3.63, 3.8) is 0 Å². The lowest BCUT2D eigenvalue weighted by molar-refractivity contribution is -0.163. The van der Waals surface area contributed by atoms with Gasteiger partial charge in [0.05, 0.1) is 18.5 Å². The fourth-order valence-electron chi connectivity index (χ4n) is 5.65. The number of anilines is 1. The Morgan fingerprint density at radius 1 is 1.10 bits per heavy atom. The SMILES string of the molecule is Cc1nn(COCC[Si](C)(C)C)c(C)c1-c1ccc(NC(=O)[C@H](CCCC(Cl)Cl)NC(=O)c2c(F)cnn2CCCOC2CCCCO2)nc1F. The van der Waals surface area contributed by atoms with Crippen molar-refractivity contribution in [3.8, 4) is 11.1 Å². The summed E-state index contributed by atoms with van der Waals surface area (Å²) in [5.41, 5.74) is 1.80. The number of carbonyl (C=O) groups is 2. The highest BCUT2D eigenvalue weighted by Gasteiger charge is 2.27. The average Bonchev–Trinajstić information content (AvgIpc) is 3.57. The molecule has 0 radical (unpaired) electrons. The molecule has 0 bridgehead atoms. The average molecular weight is 773 g/mol. The molecule has 0 aliphatic carbocycles. The molecule has 0 aromatic carbocycles. The Balaban J connectivity index is 1.41. The van der Waals surface area contributed by atoms with Crippen LogP contribution in [0.4, 0.5) is 14.6 Å². The van der Waals surface area contributed by atoms with Gasteiger partial charge in [0.1, 0.15) is 23.4 Å². The summed E-state index contributed by atoms with van der Waals surface area (Å²) in [4.78, 5) is 30.1. The number of hydrogen-bond donors (Lipinski definition) is 2. The minimum atomic E-state index is -1.25. The first-order valence-corrected chi connectivity index (χ1v) is 21.9. The molecule has 17 heteroatoms. The van der Waals surface area contributed by atoms with Crippen LogP contribution in [0.3, 0.4) is 0 Å². The molecule has 4 rings (SSSR count). The van der Waals surface area contributed by atoms with E-state index in [1.54, 1.807) is 11.6 Å². The Morgan fingerprint density at radius 2 is 1.88 bits per heavy atom. The zero-order valence-corrected chi connectivity index (χ0v) is 32.5. The molecule has 1 fully saturated rings. The summed E-state index contributed by atoms with van der Waals surface area (Å²) in [7, 11) is -1.25. The number of ether oxygens (including phenoxy) is 3. The lowest BCUT2D eigenvalue weighted by atomic mass is 10.1. The summed E-state index contributed by atoms with van der Waals surface area (Å²) in [5, 5.41) is 13.7. The number of aryl methyl sites for hydroxylation is 2. The van der Waals surface area contributed by atoms with Crippen molar-refractivity contribution in [2.45, 2.75) is 115 Å².